The molecule has 1 fully saturated rings. The topological polar surface area (TPSA) is 71.2 Å². The molecule has 7 nitrogen and oxygen atoms in total. The maximum Gasteiger partial charge on any atom is 0.240 e. The zero-order valence-electron chi connectivity index (χ0n) is 15.7. The Labute approximate surface area is 159 Å². The van der Waals surface area contributed by atoms with Crippen LogP contribution in [0.2, 0.25) is 0 Å². The molecular formula is C20H24N6O. The summed E-state index contributed by atoms with van der Waals surface area (Å²) in [7, 11) is 0. The van der Waals surface area contributed by atoms with Crippen LogP contribution in [-0.2, 0) is 6.54 Å². The van der Waals surface area contributed by atoms with E-state index in [1.54, 1.807) is 6.33 Å². The first-order chi connectivity index (χ1) is 13.2. The summed E-state index contributed by atoms with van der Waals surface area (Å²) in [6.45, 7) is 8.53. The Balaban J connectivity index is 1.38. The summed E-state index contributed by atoms with van der Waals surface area (Å²) in [5.41, 5.74) is 2.06. The highest BCUT2D eigenvalue weighted by Gasteiger charge is 2.21. The Kier molecular flexibility index (Phi) is 5.11. The van der Waals surface area contributed by atoms with Crippen molar-refractivity contribution in [3.05, 3.63) is 54.4 Å². The van der Waals surface area contributed by atoms with Crippen molar-refractivity contribution in [3.63, 3.8) is 0 Å². The largest absolute Gasteiger partial charge is 0.354 e. The lowest BCUT2D eigenvalue weighted by Crippen LogP contribution is -2.46. The van der Waals surface area contributed by atoms with Crippen molar-refractivity contribution in [2.45, 2.75) is 26.3 Å². The quantitative estimate of drug-likeness (QED) is 0.689. The van der Waals surface area contributed by atoms with Crippen molar-refractivity contribution in [3.8, 4) is 11.3 Å². The molecule has 3 aromatic rings. The first-order valence-corrected chi connectivity index (χ1v) is 9.36. The lowest BCUT2D eigenvalue weighted by atomic mass is 10.1. The smallest absolute Gasteiger partial charge is 0.240 e. The molecule has 7 heteroatoms. The van der Waals surface area contributed by atoms with E-state index in [9.17, 15) is 0 Å². The van der Waals surface area contributed by atoms with Gasteiger partial charge in [0.25, 0.3) is 0 Å². The van der Waals surface area contributed by atoms with Crippen LogP contribution in [0.15, 0.2) is 47.2 Å². The highest BCUT2D eigenvalue weighted by molar-refractivity contribution is 5.62. The molecule has 27 heavy (non-hydrogen) atoms. The average molecular weight is 364 g/mol. The van der Waals surface area contributed by atoms with Crippen molar-refractivity contribution in [2.24, 2.45) is 0 Å². The minimum atomic E-state index is 0.288. The van der Waals surface area contributed by atoms with Gasteiger partial charge in [0, 0.05) is 43.7 Å². The van der Waals surface area contributed by atoms with Gasteiger partial charge in [-0.05, 0) is 0 Å². The summed E-state index contributed by atoms with van der Waals surface area (Å²) in [6.07, 6.45) is 1.65. The van der Waals surface area contributed by atoms with Crippen LogP contribution in [-0.4, -0.2) is 51.2 Å². The molecule has 1 aromatic carbocycles. The van der Waals surface area contributed by atoms with Gasteiger partial charge in [0.2, 0.25) is 5.89 Å². The van der Waals surface area contributed by atoms with Gasteiger partial charge in [0.05, 0.1) is 12.2 Å². The van der Waals surface area contributed by atoms with Gasteiger partial charge in [-0.1, -0.05) is 49.3 Å². The molecule has 140 valence electrons. The van der Waals surface area contributed by atoms with Gasteiger partial charge in [0.1, 0.15) is 12.1 Å². The second kappa shape index (κ2) is 7.84. The fraction of sp³-hybridized carbons (Fsp3) is 0.400. The van der Waals surface area contributed by atoms with Gasteiger partial charge in [-0.3, -0.25) is 4.90 Å². The number of hydrogen-bond acceptors (Lipinski definition) is 7. The van der Waals surface area contributed by atoms with Gasteiger partial charge < -0.3 is 9.42 Å². The van der Waals surface area contributed by atoms with Crippen LogP contribution in [0.3, 0.4) is 0 Å². The highest BCUT2D eigenvalue weighted by Crippen LogP contribution is 2.21. The first-order valence-electron chi connectivity index (χ1n) is 9.36. The molecule has 0 unspecified atom stereocenters. The summed E-state index contributed by atoms with van der Waals surface area (Å²) in [5, 5.41) is 4.04. The Morgan fingerprint density at radius 2 is 1.81 bits per heavy atom. The number of hydrogen-bond donors (Lipinski definition) is 0. The maximum atomic E-state index is 5.37. The van der Waals surface area contributed by atoms with Crippen LogP contribution >= 0.6 is 0 Å². The summed E-state index contributed by atoms with van der Waals surface area (Å²) in [5.74, 6) is 2.73. The summed E-state index contributed by atoms with van der Waals surface area (Å²) in [6, 6.07) is 12.3. The maximum absolute atomic E-state index is 5.37. The zero-order valence-corrected chi connectivity index (χ0v) is 15.7. The third-order valence-corrected chi connectivity index (χ3v) is 4.78. The van der Waals surface area contributed by atoms with Crippen LogP contribution in [0.25, 0.3) is 11.3 Å². The van der Waals surface area contributed by atoms with Gasteiger partial charge in [-0.25, -0.2) is 9.97 Å². The standard InChI is InChI=1S/C20H24N6O/c1-15(2)20-23-19(27-24-20)13-25-8-10-26(11-9-25)18-12-17(21-14-22-18)16-6-4-3-5-7-16/h3-7,12,14-15H,8-11,13H2,1-2H3. The lowest BCUT2D eigenvalue weighted by Gasteiger charge is -2.34. The molecule has 3 heterocycles. The Morgan fingerprint density at radius 1 is 1.04 bits per heavy atom. The number of piperazine rings is 1. The SMILES string of the molecule is CC(C)c1noc(CN2CCN(c3cc(-c4ccccc4)ncn3)CC2)n1. The van der Waals surface area contributed by atoms with Crippen LogP contribution in [0.4, 0.5) is 5.82 Å². The Bertz CT molecular complexity index is 871. The van der Waals surface area contributed by atoms with Gasteiger partial charge in [-0.2, -0.15) is 4.98 Å². The Morgan fingerprint density at radius 3 is 2.52 bits per heavy atom. The van der Waals surface area contributed by atoms with Gasteiger partial charge in [0.15, 0.2) is 5.82 Å². The minimum absolute atomic E-state index is 0.288. The van der Waals surface area contributed by atoms with Crippen molar-refractivity contribution in [2.75, 3.05) is 31.1 Å². The van der Waals surface area contributed by atoms with Gasteiger partial charge >= 0.3 is 0 Å². The molecule has 1 aliphatic rings. The molecule has 0 N–H and O–H groups in total. The molecule has 1 aliphatic heterocycles. The van der Waals surface area contributed by atoms with Crippen molar-refractivity contribution in [1.29, 1.82) is 0 Å². The summed E-state index contributed by atoms with van der Waals surface area (Å²) >= 11 is 0. The van der Waals surface area contributed by atoms with Crippen LogP contribution in [0.1, 0.15) is 31.5 Å². The van der Waals surface area contributed by atoms with E-state index in [2.05, 4.69) is 62.0 Å². The minimum Gasteiger partial charge on any atom is -0.354 e. The molecule has 0 bridgehead atoms. The molecule has 0 aliphatic carbocycles. The van der Waals surface area contributed by atoms with Crippen LogP contribution in [0.5, 0.6) is 0 Å². The predicted molar refractivity (Wildman–Crippen MR) is 103 cm³/mol. The second-order valence-electron chi connectivity index (χ2n) is 7.09. The molecule has 1 saturated heterocycles. The highest BCUT2D eigenvalue weighted by atomic mass is 16.5. The van der Waals surface area contributed by atoms with E-state index in [1.807, 2.05) is 18.2 Å². The van der Waals surface area contributed by atoms with E-state index in [4.69, 9.17) is 4.52 Å². The molecule has 4 rings (SSSR count). The van der Waals surface area contributed by atoms with E-state index in [1.165, 1.54) is 0 Å². The molecule has 0 atom stereocenters. The first kappa shape index (κ1) is 17.6. The Hall–Kier alpha value is -2.80. The molecule has 0 radical (unpaired) electrons. The number of anilines is 1. The predicted octanol–water partition coefficient (Wildman–Crippen LogP) is 2.97. The number of nitrogens with zero attached hydrogens (tertiary/aromatic N) is 6. The fourth-order valence-electron chi connectivity index (χ4n) is 3.18. The number of benzene rings is 1. The molecule has 0 saturated carbocycles. The third kappa shape index (κ3) is 4.14. The molecule has 0 spiro atoms. The van der Waals surface area contributed by atoms with E-state index >= 15 is 0 Å². The fourth-order valence-corrected chi connectivity index (χ4v) is 3.18. The molecular weight excluding hydrogens is 340 g/mol. The van der Waals surface area contributed by atoms with Crippen LogP contribution < -0.4 is 4.90 Å². The van der Waals surface area contributed by atoms with E-state index in [0.717, 1.165) is 49.1 Å². The lowest BCUT2D eigenvalue weighted by molar-refractivity contribution is 0.215. The van der Waals surface area contributed by atoms with E-state index < -0.39 is 0 Å². The van der Waals surface area contributed by atoms with Gasteiger partial charge in [-0.15, -0.1) is 0 Å². The van der Waals surface area contributed by atoms with Crippen molar-refractivity contribution < 1.29 is 4.52 Å². The van der Waals surface area contributed by atoms with E-state index in [-0.39, 0.29) is 5.92 Å². The summed E-state index contributed by atoms with van der Waals surface area (Å²) < 4.78 is 5.37. The monoisotopic (exact) mass is 364 g/mol. The summed E-state index contributed by atoms with van der Waals surface area (Å²) in [4.78, 5) is 18.0. The van der Waals surface area contributed by atoms with Crippen molar-refractivity contribution in [1.82, 2.24) is 25.0 Å². The number of aromatic nitrogens is 4. The third-order valence-electron chi connectivity index (χ3n) is 4.78. The molecule has 2 aromatic heterocycles. The van der Waals surface area contributed by atoms with Crippen molar-refractivity contribution >= 4 is 5.82 Å². The van der Waals surface area contributed by atoms with Crippen LogP contribution in [0, 0.1) is 0 Å². The second-order valence-corrected chi connectivity index (χ2v) is 7.09. The molecule has 0 amide bonds. The zero-order chi connectivity index (χ0) is 18.6. The van der Waals surface area contributed by atoms with E-state index in [0.29, 0.717) is 12.4 Å². The average Bonchev–Trinajstić information content (AvgIpc) is 3.18. The number of rotatable bonds is 5. The normalized spacial score (nSPS) is 15.4.